The monoisotopic (exact) mass is 389 g/mol. The van der Waals surface area contributed by atoms with E-state index in [0.29, 0.717) is 29.2 Å². The zero-order valence-corrected chi connectivity index (χ0v) is 16.4. The maximum Gasteiger partial charge on any atom is 0.340 e. The lowest BCUT2D eigenvalue weighted by Gasteiger charge is -2.11. The fourth-order valence-corrected chi connectivity index (χ4v) is 2.74. The number of aryl methyl sites for hydroxylation is 1. The quantitative estimate of drug-likeness (QED) is 0.584. The van der Waals surface area contributed by atoms with E-state index in [0.717, 1.165) is 5.56 Å². The van der Waals surface area contributed by atoms with Gasteiger partial charge in [-0.15, -0.1) is 0 Å². The summed E-state index contributed by atoms with van der Waals surface area (Å²) in [6, 6.07) is 18.3. The van der Waals surface area contributed by atoms with Gasteiger partial charge in [-0.05, 0) is 43.7 Å². The van der Waals surface area contributed by atoms with Gasteiger partial charge in [0.15, 0.2) is 0 Å². The van der Waals surface area contributed by atoms with Gasteiger partial charge in [-0.2, -0.15) is 0 Å². The van der Waals surface area contributed by atoms with Gasteiger partial charge in [0, 0.05) is 18.3 Å². The lowest BCUT2D eigenvalue weighted by atomic mass is 10.1. The molecule has 0 saturated carbocycles. The highest BCUT2D eigenvalue weighted by Gasteiger charge is 2.15. The Balaban J connectivity index is 1.70. The Morgan fingerprint density at radius 2 is 1.79 bits per heavy atom. The van der Waals surface area contributed by atoms with Gasteiger partial charge in [-0.1, -0.05) is 42.0 Å². The highest BCUT2D eigenvalue weighted by atomic mass is 16.5. The number of nitrogens with one attached hydrogen (secondary N) is 2. The number of amides is 1. The van der Waals surface area contributed by atoms with Crippen molar-refractivity contribution in [1.29, 1.82) is 0 Å². The number of hydrogen-bond donors (Lipinski definition) is 2. The molecule has 0 unspecified atom stereocenters. The third-order valence-corrected chi connectivity index (χ3v) is 4.29. The van der Waals surface area contributed by atoms with Crippen molar-refractivity contribution >= 4 is 23.4 Å². The van der Waals surface area contributed by atoms with Crippen LogP contribution in [0.15, 0.2) is 66.9 Å². The number of anilines is 2. The number of para-hydroxylation sites is 1. The number of ether oxygens (including phenoxy) is 1. The summed E-state index contributed by atoms with van der Waals surface area (Å²) in [5, 5.41) is 6.00. The van der Waals surface area contributed by atoms with Crippen LogP contribution in [-0.2, 0) is 11.3 Å². The summed E-state index contributed by atoms with van der Waals surface area (Å²) < 4.78 is 5.05. The summed E-state index contributed by atoms with van der Waals surface area (Å²) in [4.78, 5) is 29.0. The number of aromatic nitrogens is 1. The minimum absolute atomic E-state index is 0.265. The van der Waals surface area contributed by atoms with E-state index in [1.807, 2.05) is 19.1 Å². The number of pyridine rings is 1. The number of carbonyl (C=O) groups excluding carboxylic acids is 2. The average molecular weight is 389 g/mol. The van der Waals surface area contributed by atoms with Crippen LogP contribution in [0.5, 0.6) is 0 Å². The third-order valence-electron chi connectivity index (χ3n) is 4.29. The predicted octanol–water partition coefficient (Wildman–Crippen LogP) is 4.43. The van der Waals surface area contributed by atoms with E-state index < -0.39 is 5.97 Å². The molecule has 29 heavy (non-hydrogen) atoms. The van der Waals surface area contributed by atoms with Gasteiger partial charge in [-0.3, -0.25) is 4.79 Å². The molecule has 2 aromatic carbocycles. The molecule has 1 heterocycles. The maximum absolute atomic E-state index is 12.7. The van der Waals surface area contributed by atoms with Crippen molar-refractivity contribution in [2.75, 3.05) is 17.2 Å². The number of esters is 1. The molecule has 1 amide bonds. The Bertz CT molecular complexity index is 1000. The number of nitrogens with zero attached hydrogens (tertiary/aromatic N) is 1. The second kappa shape index (κ2) is 9.50. The number of benzene rings is 2. The molecule has 2 N–H and O–H groups in total. The molecular weight excluding hydrogens is 366 g/mol. The largest absolute Gasteiger partial charge is 0.462 e. The van der Waals surface area contributed by atoms with Gasteiger partial charge in [0.05, 0.1) is 17.9 Å². The van der Waals surface area contributed by atoms with Crippen LogP contribution in [0, 0.1) is 6.92 Å². The van der Waals surface area contributed by atoms with E-state index in [-0.39, 0.29) is 12.5 Å². The molecule has 0 aliphatic heterocycles. The molecule has 148 valence electrons. The van der Waals surface area contributed by atoms with Crippen molar-refractivity contribution in [1.82, 2.24) is 4.98 Å². The molecule has 0 atom stereocenters. The minimum atomic E-state index is -0.474. The van der Waals surface area contributed by atoms with Gasteiger partial charge in [0.25, 0.3) is 5.91 Å². The van der Waals surface area contributed by atoms with E-state index in [1.165, 1.54) is 5.56 Å². The Morgan fingerprint density at radius 1 is 1.03 bits per heavy atom. The first-order valence-electron chi connectivity index (χ1n) is 9.40. The fourth-order valence-electron chi connectivity index (χ4n) is 2.74. The summed E-state index contributed by atoms with van der Waals surface area (Å²) in [6.45, 7) is 4.65. The van der Waals surface area contributed by atoms with Crippen molar-refractivity contribution in [3.63, 3.8) is 0 Å². The molecule has 3 aromatic rings. The number of rotatable bonds is 7. The summed E-state index contributed by atoms with van der Waals surface area (Å²) in [6.07, 6.45) is 1.57. The summed E-state index contributed by atoms with van der Waals surface area (Å²) >= 11 is 0. The zero-order valence-electron chi connectivity index (χ0n) is 16.4. The Morgan fingerprint density at radius 3 is 2.55 bits per heavy atom. The van der Waals surface area contributed by atoms with Crippen LogP contribution >= 0.6 is 0 Å². The van der Waals surface area contributed by atoms with Crippen LogP contribution in [0.1, 0.15) is 38.8 Å². The summed E-state index contributed by atoms with van der Waals surface area (Å²) in [5.41, 5.74) is 3.48. The van der Waals surface area contributed by atoms with E-state index in [4.69, 9.17) is 4.74 Å². The molecular formula is C23H23N3O3. The van der Waals surface area contributed by atoms with E-state index >= 15 is 0 Å². The predicted molar refractivity (Wildman–Crippen MR) is 113 cm³/mol. The molecule has 6 heteroatoms. The standard InChI is InChI=1S/C23H23N3O3/c1-3-29-23(28)19-6-4-5-7-20(19)26-22(27)18-12-13-24-21(14-18)25-15-17-10-8-16(2)9-11-17/h4-14H,3,15H2,1-2H3,(H,24,25)(H,26,27). The topological polar surface area (TPSA) is 80.3 Å². The fraction of sp³-hybridized carbons (Fsp3) is 0.174. The molecule has 6 nitrogen and oxygen atoms in total. The molecule has 0 fully saturated rings. The Labute approximate surface area is 169 Å². The van der Waals surface area contributed by atoms with Gasteiger partial charge >= 0.3 is 5.97 Å². The van der Waals surface area contributed by atoms with E-state index in [9.17, 15) is 9.59 Å². The normalized spacial score (nSPS) is 10.3. The van der Waals surface area contributed by atoms with Gasteiger partial charge in [-0.25, -0.2) is 9.78 Å². The second-order valence-corrected chi connectivity index (χ2v) is 6.49. The van der Waals surface area contributed by atoms with Gasteiger partial charge in [0.2, 0.25) is 0 Å². The Hall–Kier alpha value is -3.67. The van der Waals surface area contributed by atoms with Crippen LogP contribution in [0.2, 0.25) is 0 Å². The first kappa shape index (κ1) is 20.1. The Kier molecular flexibility index (Phi) is 6.58. The van der Waals surface area contributed by atoms with E-state index in [2.05, 4.69) is 27.8 Å². The molecule has 0 radical (unpaired) electrons. The second-order valence-electron chi connectivity index (χ2n) is 6.49. The maximum atomic E-state index is 12.7. The van der Waals surface area contributed by atoms with Crippen molar-refractivity contribution in [3.8, 4) is 0 Å². The van der Waals surface area contributed by atoms with Crippen LogP contribution < -0.4 is 10.6 Å². The SMILES string of the molecule is CCOC(=O)c1ccccc1NC(=O)c1ccnc(NCc2ccc(C)cc2)c1. The molecule has 1 aromatic heterocycles. The first-order valence-corrected chi connectivity index (χ1v) is 9.40. The number of hydrogen-bond acceptors (Lipinski definition) is 5. The molecule has 0 aliphatic carbocycles. The van der Waals surface area contributed by atoms with Crippen molar-refractivity contribution in [2.24, 2.45) is 0 Å². The summed E-state index contributed by atoms with van der Waals surface area (Å²) in [5.74, 6) is -0.210. The molecule has 0 saturated heterocycles. The molecule has 0 bridgehead atoms. The van der Waals surface area contributed by atoms with Crippen molar-refractivity contribution < 1.29 is 14.3 Å². The van der Waals surface area contributed by atoms with Crippen molar-refractivity contribution in [2.45, 2.75) is 20.4 Å². The van der Waals surface area contributed by atoms with Gasteiger partial charge < -0.3 is 15.4 Å². The minimum Gasteiger partial charge on any atom is -0.462 e. The molecule has 3 rings (SSSR count). The zero-order chi connectivity index (χ0) is 20.6. The molecule has 0 spiro atoms. The first-order chi connectivity index (χ1) is 14.1. The van der Waals surface area contributed by atoms with Crippen LogP contribution in [-0.4, -0.2) is 23.5 Å². The lowest BCUT2D eigenvalue weighted by Crippen LogP contribution is -2.16. The van der Waals surface area contributed by atoms with Crippen LogP contribution in [0.25, 0.3) is 0 Å². The van der Waals surface area contributed by atoms with Gasteiger partial charge in [0.1, 0.15) is 5.82 Å². The van der Waals surface area contributed by atoms with Crippen molar-refractivity contribution in [3.05, 3.63) is 89.1 Å². The highest BCUT2D eigenvalue weighted by Crippen LogP contribution is 2.18. The highest BCUT2D eigenvalue weighted by molar-refractivity contribution is 6.08. The van der Waals surface area contributed by atoms with Crippen LogP contribution in [0.3, 0.4) is 0 Å². The smallest absolute Gasteiger partial charge is 0.340 e. The molecule has 0 aliphatic rings. The van der Waals surface area contributed by atoms with Crippen LogP contribution in [0.4, 0.5) is 11.5 Å². The number of carbonyl (C=O) groups is 2. The third kappa shape index (κ3) is 5.42. The summed E-state index contributed by atoms with van der Waals surface area (Å²) in [7, 11) is 0. The average Bonchev–Trinajstić information content (AvgIpc) is 2.74. The lowest BCUT2D eigenvalue weighted by molar-refractivity contribution is 0.0527. The van der Waals surface area contributed by atoms with E-state index in [1.54, 1.807) is 49.5 Å².